The van der Waals surface area contributed by atoms with Gasteiger partial charge in [0.15, 0.2) is 0 Å². The Morgan fingerprint density at radius 1 is 1.09 bits per heavy atom. The number of amides is 2. The van der Waals surface area contributed by atoms with E-state index < -0.39 is 23.7 Å². The molecule has 2 atom stereocenters. The first-order valence-electron chi connectivity index (χ1n) is 9.93. The summed E-state index contributed by atoms with van der Waals surface area (Å²) in [6.45, 7) is 3.87. The maximum Gasteiger partial charge on any atom is 0.319 e. The zero-order valence-corrected chi connectivity index (χ0v) is 18.8. The number of methoxy groups -OCH3 is 1. The maximum absolute atomic E-state index is 12.8. The summed E-state index contributed by atoms with van der Waals surface area (Å²) in [6.07, 6.45) is 0. The Morgan fingerprint density at radius 2 is 1.69 bits per heavy atom. The summed E-state index contributed by atoms with van der Waals surface area (Å²) in [5.74, 6) is -3.57. The largest absolute Gasteiger partial charge is 0.468 e. The van der Waals surface area contributed by atoms with E-state index >= 15 is 0 Å². The van der Waals surface area contributed by atoms with Crippen LogP contribution in [0.4, 0.5) is 5.69 Å². The zero-order chi connectivity index (χ0) is 23.3. The molecule has 2 N–H and O–H groups in total. The van der Waals surface area contributed by atoms with Crippen molar-refractivity contribution < 1.29 is 19.1 Å². The number of carbonyl (C=O) groups is 3. The highest BCUT2D eigenvalue weighted by molar-refractivity contribution is 8.03. The van der Waals surface area contributed by atoms with Crippen LogP contribution < -0.4 is 10.6 Å². The standard InChI is InChI=1S/C24H23N3O4S/c1-14-4-8-16(9-5-14)20-18(12-25)23(27-22(29)21(20)24(30)31-3)32-13-19(28)26-17-10-6-15(2)7-11-17/h4-11,20-21H,13H2,1-3H3,(H,26,28)(H,27,29). The molecule has 0 saturated heterocycles. The minimum Gasteiger partial charge on any atom is -0.468 e. The van der Waals surface area contributed by atoms with Crippen LogP contribution >= 0.6 is 11.8 Å². The van der Waals surface area contributed by atoms with Crippen molar-refractivity contribution in [2.24, 2.45) is 5.92 Å². The second-order valence-corrected chi connectivity index (χ2v) is 8.42. The van der Waals surface area contributed by atoms with E-state index in [4.69, 9.17) is 4.74 Å². The molecule has 0 spiro atoms. The lowest BCUT2D eigenvalue weighted by Crippen LogP contribution is -2.44. The average molecular weight is 450 g/mol. The van der Waals surface area contributed by atoms with Gasteiger partial charge in [-0.05, 0) is 31.5 Å². The number of thioether (sulfide) groups is 1. The van der Waals surface area contributed by atoms with E-state index in [1.165, 1.54) is 7.11 Å². The number of ether oxygens (including phenoxy) is 1. The fourth-order valence-corrected chi connectivity index (χ4v) is 4.27. The van der Waals surface area contributed by atoms with E-state index in [0.29, 0.717) is 11.3 Å². The van der Waals surface area contributed by atoms with Gasteiger partial charge in [-0.1, -0.05) is 59.3 Å². The van der Waals surface area contributed by atoms with E-state index in [0.717, 1.165) is 22.9 Å². The van der Waals surface area contributed by atoms with Crippen molar-refractivity contribution in [1.82, 2.24) is 5.32 Å². The molecule has 1 aliphatic rings. The van der Waals surface area contributed by atoms with Crippen LogP contribution in [0.1, 0.15) is 22.6 Å². The van der Waals surface area contributed by atoms with Gasteiger partial charge in [-0.2, -0.15) is 5.26 Å². The smallest absolute Gasteiger partial charge is 0.319 e. The molecule has 0 bridgehead atoms. The Bertz CT molecular complexity index is 1100. The van der Waals surface area contributed by atoms with Gasteiger partial charge in [-0.3, -0.25) is 14.4 Å². The lowest BCUT2D eigenvalue weighted by atomic mass is 9.78. The molecule has 32 heavy (non-hydrogen) atoms. The van der Waals surface area contributed by atoms with Gasteiger partial charge in [0.25, 0.3) is 0 Å². The molecule has 0 fully saturated rings. The number of nitrogens with one attached hydrogen (secondary N) is 2. The highest BCUT2D eigenvalue weighted by Crippen LogP contribution is 2.40. The summed E-state index contributed by atoms with van der Waals surface area (Å²) in [5, 5.41) is 15.6. The molecule has 0 aromatic heterocycles. The molecule has 164 valence electrons. The topological polar surface area (TPSA) is 108 Å². The Kier molecular flexibility index (Phi) is 7.33. The molecule has 2 unspecified atom stereocenters. The number of aryl methyl sites for hydroxylation is 2. The van der Waals surface area contributed by atoms with Crippen LogP contribution in [0.2, 0.25) is 0 Å². The van der Waals surface area contributed by atoms with Crippen LogP contribution in [0.5, 0.6) is 0 Å². The van der Waals surface area contributed by atoms with Gasteiger partial charge in [0.2, 0.25) is 11.8 Å². The van der Waals surface area contributed by atoms with E-state index in [-0.39, 0.29) is 22.3 Å². The first-order valence-corrected chi connectivity index (χ1v) is 10.9. The zero-order valence-electron chi connectivity index (χ0n) is 18.0. The highest BCUT2D eigenvalue weighted by atomic mass is 32.2. The van der Waals surface area contributed by atoms with Gasteiger partial charge in [0, 0.05) is 11.6 Å². The molecule has 1 heterocycles. The van der Waals surface area contributed by atoms with Gasteiger partial charge >= 0.3 is 5.97 Å². The third-order valence-electron chi connectivity index (χ3n) is 5.10. The summed E-state index contributed by atoms with van der Waals surface area (Å²) in [4.78, 5) is 37.6. The quantitative estimate of drug-likeness (QED) is 0.517. The van der Waals surface area contributed by atoms with Crippen molar-refractivity contribution in [2.75, 3.05) is 18.2 Å². The summed E-state index contributed by atoms with van der Waals surface area (Å²) in [6, 6.07) is 16.8. The van der Waals surface area contributed by atoms with Gasteiger partial charge in [0.1, 0.15) is 5.92 Å². The summed E-state index contributed by atoms with van der Waals surface area (Å²) in [5.41, 5.74) is 3.62. The lowest BCUT2D eigenvalue weighted by molar-refractivity contribution is -0.150. The van der Waals surface area contributed by atoms with Gasteiger partial charge in [0.05, 0.1) is 29.5 Å². The van der Waals surface area contributed by atoms with Crippen LogP contribution in [-0.4, -0.2) is 30.6 Å². The van der Waals surface area contributed by atoms with E-state index in [1.807, 2.05) is 38.1 Å². The molecule has 8 heteroatoms. The number of esters is 1. The number of benzene rings is 2. The van der Waals surface area contributed by atoms with Crippen molar-refractivity contribution in [3.8, 4) is 6.07 Å². The van der Waals surface area contributed by atoms with E-state index in [9.17, 15) is 19.6 Å². The predicted molar refractivity (Wildman–Crippen MR) is 122 cm³/mol. The summed E-state index contributed by atoms with van der Waals surface area (Å²) < 4.78 is 4.83. The minimum atomic E-state index is -1.19. The molecule has 7 nitrogen and oxygen atoms in total. The number of anilines is 1. The van der Waals surface area contributed by atoms with Crippen LogP contribution in [0.3, 0.4) is 0 Å². The second kappa shape index (κ2) is 10.2. The van der Waals surface area contributed by atoms with Crippen molar-refractivity contribution in [1.29, 1.82) is 5.26 Å². The Balaban J connectivity index is 1.87. The number of hydrogen-bond acceptors (Lipinski definition) is 6. The van der Waals surface area contributed by atoms with Gasteiger partial charge in [-0.15, -0.1) is 0 Å². The first-order chi connectivity index (χ1) is 15.3. The first kappa shape index (κ1) is 23.1. The number of nitrogens with zero attached hydrogens (tertiary/aromatic N) is 1. The van der Waals surface area contributed by atoms with Crippen molar-refractivity contribution in [3.63, 3.8) is 0 Å². The fraction of sp³-hybridized carbons (Fsp3) is 0.250. The Hall–Kier alpha value is -3.57. The number of nitriles is 1. The van der Waals surface area contributed by atoms with E-state index in [1.54, 1.807) is 24.3 Å². The minimum absolute atomic E-state index is 0.0157. The number of hydrogen-bond donors (Lipinski definition) is 2. The third-order valence-corrected chi connectivity index (χ3v) is 6.12. The Labute approximate surface area is 190 Å². The van der Waals surface area contributed by atoms with E-state index in [2.05, 4.69) is 16.7 Å². The molecule has 1 aliphatic heterocycles. The van der Waals surface area contributed by atoms with Gasteiger partial charge in [-0.25, -0.2) is 0 Å². The molecule has 2 aromatic rings. The number of allylic oxidation sites excluding steroid dienone is 1. The molecule has 2 aromatic carbocycles. The molecular formula is C24H23N3O4S. The van der Waals surface area contributed by atoms with Crippen LogP contribution in [0.25, 0.3) is 0 Å². The molecule has 3 rings (SSSR count). The monoisotopic (exact) mass is 449 g/mol. The average Bonchev–Trinajstić information content (AvgIpc) is 2.78. The summed E-state index contributed by atoms with van der Waals surface area (Å²) in [7, 11) is 1.21. The predicted octanol–water partition coefficient (Wildman–Crippen LogP) is 3.41. The van der Waals surface area contributed by atoms with Crippen molar-refractivity contribution in [3.05, 3.63) is 75.8 Å². The van der Waals surface area contributed by atoms with Crippen molar-refractivity contribution in [2.45, 2.75) is 19.8 Å². The van der Waals surface area contributed by atoms with Crippen LogP contribution in [0.15, 0.2) is 59.1 Å². The normalized spacial score (nSPS) is 17.9. The maximum atomic E-state index is 12.8. The Morgan fingerprint density at radius 3 is 2.25 bits per heavy atom. The second-order valence-electron chi connectivity index (χ2n) is 7.44. The lowest BCUT2D eigenvalue weighted by Gasteiger charge is -2.31. The highest BCUT2D eigenvalue weighted by Gasteiger charge is 2.44. The van der Waals surface area contributed by atoms with Crippen LogP contribution in [0, 0.1) is 31.1 Å². The fourth-order valence-electron chi connectivity index (χ4n) is 3.43. The molecule has 0 radical (unpaired) electrons. The molecular weight excluding hydrogens is 426 g/mol. The summed E-state index contributed by atoms with van der Waals surface area (Å²) >= 11 is 1.05. The SMILES string of the molecule is COC(=O)C1C(=O)NC(SCC(=O)Nc2ccc(C)cc2)=C(C#N)C1c1ccc(C)cc1. The third kappa shape index (κ3) is 5.18. The molecule has 2 amide bonds. The molecule has 0 saturated carbocycles. The number of rotatable bonds is 6. The van der Waals surface area contributed by atoms with Crippen LogP contribution in [-0.2, 0) is 19.1 Å². The van der Waals surface area contributed by atoms with Crippen molar-refractivity contribution >= 4 is 35.2 Å². The molecule has 0 aliphatic carbocycles. The number of carbonyl (C=O) groups excluding carboxylic acids is 3. The van der Waals surface area contributed by atoms with Gasteiger partial charge < -0.3 is 15.4 Å².